The Morgan fingerprint density at radius 3 is 2.75 bits per heavy atom. The number of ether oxygens (including phenoxy) is 1. The van der Waals surface area contributed by atoms with Crippen molar-refractivity contribution in [3.05, 3.63) is 16.8 Å². The summed E-state index contributed by atoms with van der Waals surface area (Å²) in [7, 11) is 0. The van der Waals surface area contributed by atoms with Gasteiger partial charge in [-0.1, -0.05) is 0 Å². The van der Waals surface area contributed by atoms with Gasteiger partial charge in [0.1, 0.15) is 17.3 Å². The molecule has 1 saturated carbocycles. The molecule has 2 aliphatic carbocycles. The van der Waals surface area contributed by atoms with Crippen LogP contribution in [0.3, 0.4) is 0 Å². The number of aryl methyl sites for hydroxylation is 2. The number of carboxylic acid groups (broad SMARTS) is 1. The van der Waals surface area contributed by atoms with Crippen molar-refractivity contribution in [3.63, 3.8) is 0 Å². The summed E-state index contributed by atoms with van der Waals surface area (Å²) < 4.78 is 6.40. The van der Waals surface area contributed by atoms with Crippen molar-refractivity contribution in [2.24, 2.45) is 0 Å². The highest BCUT2D eigenvalue weighted by Crippen LogP contribution is 2.40. The Kier molecular flexibility index (Phi) is 5.21. The first-order valence-corrected chi connectivity index (χ1v) is 11.1. The Labute approximate surface area is 169 Å². The molecule has 1 amide bonds. The summed E-state index contributed by atoms with van der Waals surface area (Å²) in [6.45, 7) is 5.90. The molecule has 2 unspecified atom stereocenters. The zero-order chi connectivity index (χ0) is 19.9. The molecule has 0 spiro atoms. The third kappa shape index (κ3) is 3.69. The van der Waals surface area contributed by atoms with Crippen LogP contribution in [0.25, 0.3) is 10.2 Å². The summed E-state index contributed by atoms with van der Waals surface area (Å²) in [5, 5.41) is 10.8. The molecule has 2 aliphatic rings. The highest BCUT2D eigenvalue weighted by molar-refractivity contribution is 7.18. The minimum atomic E-state index is -0.830. The lowest BCUT2D eigenvalue weighted by molar-refractivity contribution is 0.0633. The second-order valence-electron chi connectivity index (χ2n) is 8.94. The van der Waals surface area contributed by atoms with E-state index in [1.807, 2.05) is 20.8 Å². The fraction of sp³-hybridized carbons (Fsp3) is 0.667. The predicted octanol–water partition coefficient (Wildman–Crippen LogP) is 5.04. The van der Waals surface area contributed by atoms with Gasteiger partial charge in [-0.25, -0.2) is 14.8 Å². The molecule has 4 rings (SSSR count). The number of amides is 1. The standard InChI is InChI=1S/C21H29N3O3S/c1-21(2,3)24(20(25)26)13-6-4-7-14(11-10-13)27-18-17-15-8-5-9-16(15)28-19(17)23-12-22-18/h12-14H,4-11H2,1-3H3,(H,25,26). The van der Waals surface area contributed by atoms with Crippen molar-refractivity contribution in [1.29, 1.82) is 0 Å². The summed E-state index contributed by atoms with van der Waals surface area (Å²) in [4.78, 5) is 24.9. The maximum Gasteiger partial charge on any atom is 0.407 e. The van der Waals surface area contributed by atoms with Crippen molar-refractivity contribution in [1.82, 2.24) is 14.9 Å². The molecule has 0 radical (unpaired) electrons. The third-order valence-electron chi connectivity index (χ3n) is 5.92. The maximum absolute atomic E-state index is 11.8. The Morgan fingerprint density at radius 2 is 2.00 bits per heavy atom. The van der Waals surface area contributed by atoms with Crippen molar-refractivity contribution in [3.8, 4) is 5.88 Å². The highest BCUT2D eigenvalue weighted by Gasteiger charge is 2.35. The highest BCUT2D eigenvalue weighted by atomic mass is 32.1. The normalized spacial score (nSPS) is 22.7. The number of nitrogens with zero attached hydrogens (tertiary/aromatic N) is 3. The van der Waals surface area contributed by atoms with Gasteiger partial charge < -0.3 is 14.7 Å². The number of hydrogen-bond acceptors (Lipinski definition) is 5. The smallest absolute Gasteiger partial charge is 0.407 e. The van der Waals surface area contributed by atoms with Gasteiger partial charge in [0, 0.05) is 16.5 Å². The Hall–Kier alpha value is -1.89. The molecule has 2 atom stereocenters. The van der Waals surface area contributed by atoms with Crippen LogP contribution in [0.15, 0.2) is 6.33 Å². The predicted molar refractivity (Wildman–Crippen MR) is 110 cm³/mol. The minimum absolute atomic E-state index is 0.0434. The van der Waals surface area contributed by atoms with E-state index in [2.05, 4.69) is 9.97 Å². The van der Waals surface area contributed by atoms with E-state index in [9.17, 15) is 9.90 Å². The molecule has 1 fully saturated rings. The summed E-state index contributed by atoms with van der Waals surface area (Å²) >= 11 is 1.77. The van der Waals surface area contributed by atoms with E-state index >= 15 is 0 Å². The molecule has 2 aromatic heterocycles. The van der Waals surface area contributed by atoms with Crippen LogP contribution in [-0.2, 0) is 12.8 Å². The molecule has 6 nitrogen and oxygen atoms in total. The van der Waals surface area contributed by atoms with Crippen molar-refractivity contribution in [2.45, 2.75) is 89.8 Å². The van der Waals surface area contributed by atoms with E-state index in [0.717, 1.165) is 61.0 Å². The van der Waals surface area contributed by atoms with Crippen molar-refractivity contribution >= 4 is 27.6 Å². The van der Waals surface area contributed by atoms with Crippen LogP contribution in [-0.4, -0.2) is 43.8 Å². The molecule has 0 aliphatic heterocycles. The van der Waals surface area contributed by atoms with Gasteiger partial charge >= 0.3 is 6.09 Å². The van der Waals surface area contributed by atoms with Gasteiger partial charge in [-0.3, -0.25) is 0 Å². The Balaban J connectivity index is 1.50. The maximum atomic E-state index is 11.8. The molecule has 28 heavy (non-hydrogen) atoms. The molecular formula is C21H29N3O3S. The fourth-order valence-electron chi connectivity index (χ4n) is 4.76. The lowest BCUT2D eigenvalue weighted by Crippen LogP contribution is -2.51. The zero-order valence-corrected chi connectivity index (χ0v) is 17.7. The van der Waals surface area contributed by atoms with Crippen LogP contribution in [0.4, 0.5) is 4.79 Å². The first-order chi connectivity index (χ1) is 13.3. The van der Waals surface area contributed by atoms with Gasteiger partial charge in [0.15, 0.2) is 0 Å². The van der Waals surface area contributed by atoms with Crippen LogP contribution < -0.4 is 4.74 Å². The average Bonchev–Trinajstić information content (AvgIpc) is 3.11. The van der Waals surface area contributed by atoms with Crippen LogP contribution in [0, 0.1) is 0 Å². The van der Waals surface area contributed by atoms with E-state index in [0.29, 0.717) is 0 Å². The van der Waals surface area contributed by atoms with E-state index < -0.39 is 11.6 Å². The molecule has 2 heterocycles. The number of fused-ring (bicyclic) bond motifs is 3. The summed E-state index contributed by atoms with van der Waals surface area (Å²) in [6, 6.07) is 0.0434. The lowest BCUT2D eigenvalue weighted by atomic mass is 9.99. The molecule has 1 N–H and O–H groups in total. The molecule has 7 heteroatoms. The quantitative estimate of drug-likeness (QED) is 0.727. The Morgan fingerprint density at radius 1 is 1.18 bits per heavy atom. The lowest BCUT2D eigenvalue weighted by Gasteiger charge is -2.39. The number of aromatic nitrogens is 2. The van der Waals surface area contributed by atoms with E-state index in [4.69, 9.17) is 4.74 Å². The van der Waals surface area contributed by atoms with Crippen LogP contribution in [0.5, 0.6) is 5.88 Å². The number of carbonyl (C=O) groups is 1. The van der Waals surface area contributed by atoms with Crippen LogP contribution in [0.2, 0.25) is 0 Å². The summed E-state index contributed by atoms with van der Waals surface area (Å²) in [5.74, 6) is 0.721. The Bertz CT molecular complexity index is 874. The van der Waals surface area contributed by atoms with Crippen molar-refractivity contribution in [2.75, 3.05) is 0 Å². The second-order valence-corrected chi connectivity index (χ2v) is 10.0. The zero-order valence-electron chi connectivity index (χ0n) is 16.9. The molecule has 152 valence electrons. The van der Waals surface area contributed by atoms with Gasteiger partial charge in [-0.05, 0) is 77.7 Å². The van der Waals surface area contributed by atoms with Gasteiger partial charge in [0.25, 0.3) is 0 Å². The number of thiophene rings is 1. The number of hydrogen-bond donors (Lipinski definition) is 1. The summed E-state index contributed by atoms with van der Waals surface area (Å²) in [5.41, 5.74) is 0.986. The largest absolute Gasteiger partial charge is 0.474 e. The first kappa shape index (κ1) is 19.4. The van der Waals surface area contributed by atoms with E-state index in [1.54, 1.807) is 22.6 Å². The second kappa shape index (κ2) is 7.50. The first-order valence-electron chi connectivity index (χ1n) is 10.3. The summed E-state index contributed by atoms with van der Waals surface area (Å²) in [6.07, 6.45) is 8.74. The molecular weight excluding hydrogens is 374 g/mol. The number of rotatable bonds is 3. The van der Waals surface area contributed by atoms with Crippen molar-refractivity contribution < 1.29 is 14.6 Å². The van der Waals surface area contributed by atoms with Gasteiger partial charge in [0.2, 0.25) is 5.88 Å². The van der Waals surface area contributed by atoms with E-state index in [1.165, 1.54) is 16.9 Å². The van der Waals surface area contributed by atoms with Crippen LogP contribution >= 0.6 is 11.3 Å². The van der Waals surface area contributed by atoms with Gasteiger partial charge in [0.05, 0.1) is 5.39 Å². The topological polar surface area (TPSA) is 75.6 Å². The van der Waals surface area contributed by atoms with E-state index in [-0.39, 0.29) is 12.1 Å². The molecule has 0 aromatic carbocycles. The SMILES string of the molecule is CC(C)(C)N(C(=O)O)C1CCCC(Oc2ncnc3sc4c(c23)CCC4)CC1. The van der Waals surface area contributed by atoms with Gasteiger partial charge in [-0.15, -0.1) is 11.3 Å². The minimum Gasteiger partial charge on any atom is -0.474 e. The molecule has 0 saturated heterocycles. The van der Waals surface area contributed by atoms with Crippen LogP contribution in [0.1, 0.15) is 69.7 Å². The molecule has 2 aromatic rings. The third-order valence-corrected chi connectivity index (χ3v) is 7.12. The van der Waals surface area contributed by atoms with Gasteiger partial charge in [-0.2, -0.15) is 0 Å². The average molecular weight is 404 g/mol. The fourth-order valence-corrected chi connectivity index (χ4v) is 5.98. The molecule has 0 bridgehead atoms. The monoisotopic (exact) mass is 403 g/mol.